The summed E-state index contributed by atoms with van der Waals surface area (Å²) in [5.74, 6) is -0.916. The van der Waals surface area contributed by atoms with E-state index in [0.717, 1.165) is 16.7 Å². The van der Waals surface area contributed by atoms with Gasteiger partial charge in [0.25, 0.3) is 0 Å². The summed E-state index contributed by atoms with van der Waals surface area (Å²) in [6, 6.07) is 27.0. The molecule has 0 aliphatic rings. The summed E-state index contributed by atoms with van der Waals surface area (Å²) in [7, 11) is 0. The second-order valence-corrected chi connectivity index (χ2v) is 8.10. The molecule has 0 radical (unpaired) electrons. The average Bonchev–Trinajstić information content (AvgIpc) is 2.87. The fourth-order valence-electron chi connectivity index (χ4n) is 3.79. The molecule has 0 aliphatic carbocycles. The van der Waals surface area contributed by atoms with Crippen LogP contribution in [0.2, 0.25) is 0 Å². The van der Waals surface area contributed by atoms with Crippen LogP contribution in [0.15, 0.2) is 84.9 Å². The van der Waals surface area contributed by atoms with E-state index in [1.807, 2.05) is 60.7 Å². The van der Waals surface area contributed by atoms with Gasteiger partial charge < -0.3 is 15.7 Å². The molecule has 3 N–H and O–H groups in total. The number of phenolic OH excluding ortho intramolecular Hbond substituents is 1. The van der Waals surface area contributed by atoms with Gasteiger partial charge in [0.05, 0.1) is 12.0 Å². The summed E-state index contributed by atoms with van der Waals surface area (Å²) < 4.78 is 0. The van der Waals surface area contributed by atoms with Crippen molar-refractivity contribution >= 4 is 11.8 Å². The Morgan fingerprint density at radius 1 is 0.824 bits per heavy atom. The maximum atomic E-state index is 13.5. The number of benzene rings is 3. The molecule has 6 nitrogen and oxygen atoms in total. The summed E-state index contributed by atoms with van der Waals surface area (Å²) in [5, 5.41) is 24.1. The van der Waals surface area contributed by atoms with Gasteiger partial charge in [-0.15, -0.1) is 0 Å². The zero-order valence-corrected chi connectivity index (χ0v) is 19.0. The first-order valence-corrected chi connectivity index (χ1v) is 11.4. The number of amides is 2. The third kappa shape index (κ3) is 7.21. The number of rotatable bonds is 11. The molecule has 0 aliphatic heterocycles. The Balaban J connectivity index is 1.75. The highest BCUT2D eigenvalue weighted by atomic mass is 16.3. The minimum atomic E-state index is -0.724. The van der Waals surface area contributed by atoms with Gasteiger partial charge in [0.15, 0.2) is 0 Å². The zero-order valence-electron chi connectivity index (χ0n) is 19.0. The van der Waals surface area contributed by atoms with Crippen molar-refractivity contribution in [2.45, 2.75) is 44.2 Å². The summed E-state index contributed by atoms with van der Waals surface area (Å²) in [4.78, 5) is 26.5. The molecule has 1 atom stereocenters. The number of nitriles is 1. The third-order valence-corrected chi connectivity index (χ3v) is 5.60. The highest BCUT2D eigenvalue weighted by molar-refractivity contribution is 5.92. The maximum absolute atomic E-state index is 13.5. The van der Waals surface area contributed by atoms with Crippen molar-refractivity contribution in [2.75, 3.05) is 0 Å². The van der Waals surface area contributed by atoms with Gasteiger partial charge in [0, 0.05) is 13.0 Å². The first-order chi connectivity index (χ1) is 16.6. The predicted octanol–water partition coefficient (Wildman–Crippen LogP) is 4.41. The van der Waals surface area contributed by atoms with E-state index in [1.165, 1.54) is 0 Å². The fourth-order valence-corrected chi connectivity index (χ4v) is 3.79. The largest absolute Gasteiger partial charge is 0.508 e. The standard InChI is InChI=1S/C28H29N3O3/c29-19-9-3-8-14-25(27(33)30-20-21-15-17-24(32)18-16-21)31-28(34)26(22-10-4-1-5-11-22)23-12-6-2-7-13-23/h1-2,4-7,10-13,15-18,25-26,32H,3,8-9,14,20H2,(H,30,33)(H,31,34). The molecular weight excluding hydrogens is 426 g/mol. The molecule has 34 heavy (non-hydrogen) atoms. The molecule has 0 aromatic heterocycles. The van der Waals surface area contributed by atoms with E-state index in [1.54, 1.807) is 24.3 Å². The fraction of sp³-hybridized carbons (Fsp3) is 0.250. The van der Waals surface area contributed by atoms with E-state index >= 15 is 0 Å². The van der Waals surface area contributed by atoms with Crippen molar-refractivity contribution in [1.29, 1.82) is 5.26 Å². The quantitative estimate of drug-likeness (QED) is 0.373. The summed E-state index contributed by atoms with van der Waals surface area (Å²) in [5.41, 5.74) is 2.53. The first kappa shape index (κ1) is 24.5. The molecule has 3 rings (SSSR count). The Hall–Kier alpha value is -4.11. The highest BCUT2D eigenvalue weighted by Crippen LogP contribution is 2.25. The van der Waals surface area contributed by atoms with Gasteiger partial charge >= 0.3 is 0 Å². The Morgan fingerprint density at radius 3 is 1.97 bits per heavy atom. The molecule has 6 heteroatoms. The molecular formula is C28H29N3O3. The van der Waals surface area contributed by atoms with E-state index < -0.39 is 12.0 Å². The monoisotopic (exact) mass is 455 g/mol. The summed E-state index contributed by atoms with van der Waals surface area (Å²) in [6.45, 7) is 0.282. The lowest BCUT2D eigenvalue weighted by molar-refractivity contribution is -0.129. The number of hydrogen-bond donors (Lipinski definition) is 3. The first-order valence-electron chi connectivity index (χ1n) is 11.4. The molecule has 0 saturated carbocycles. The predicted molar refractivity (Wildman–Crippen MR) is 131 cm³/mol. The second-order valence-electron chi connectivity index (χ2n) is 8.10. The third-order valence-electron chi connectivity index (χ3n) is 5.60. The number of carbonyl (C=O) groups is 2. The average molecular weight is 456 g/mol. The minimum Gasteiger partial charge on any atom is -0.508 e. The topological polar surface area (TPSA) is 102 Å². The molecule has 3 aromatic rings. The maximum Gasteiger partial charge on any atom is 0.242 e. The van der Waals surface area contributed by atoms with E-state index in [4.69, 9.17) is 5.26 Å². The Labute approximate surface area is 200 Å². The van der Waals surface area contributed by atoms with Crippen LogP contribution >= 0.6 is 0 Å². The number of carbonyl (C=O) groups excluding carboxylic acids is 2. The van der Waals surface area contributed by atoms with Crippen molar-refractivity contribution in [3.8, 4) is 11.8 Å². The lowest BCUT2D eigenvalue weighted by Gasteiger charge is -2.23. The number of phenols is 1. The number of unbranched alkanes of at least 4 members (excludes halogenated alkanes) is 2. The Kier molecular flexibility index (Phi) is 9.24. The number of hydrogen-bond acceptors (Lipinski definition) is 4. The van der Waals surface area contributed by atoms with Crippen LogP contribution in [0.3, 0.4) is 0 Å². The highest BCUT2D eigenvalue weighted by Gasteiger charge is 2.27. The van der Waals surface area contributed by atoms with E-state index in [-0.39, 0.29) is 24.1 Å². The molecule has 2 amide bonds. The lowest BCUT2D eigenvalue weighted by Crippen LogP contribution is -2.48. The van der Waals surface area contributed by atoms with Gasteiger partial charge in [-0.2, -0.15) is 5.26 Å². The van der Waals surface area contributed by atoms with Gasteiger partial charge in [0.1, 0.15) is 11.8 Å². The van der Waals surface area contributed by atoms with Crippen molar-refractivity contribution in [3.05, 3.63) is 102 Å². The van der Waals surface area contributed by atoms with Gasteiger partial charge in [0.2, 0.25) is 11.8 Å². The van der Waals surface area contributed by atoms with Gasteiger partial charge in [-0.05, 0) is 48.1 Å². The SMILES string of the molecule is N#CCCCCC(NC(=O)C(c1ccccc1)c1ccccc1)C(=O)NCc1ccc(O)cc1. The number of aromatic hydroxyl groups is 1. The van der Waals surface area contributed by atoms with Crippen LogP contribution in [-0.4, -0.2) is 23.0 Å². The molecule has 0 spiro atoms. The van der Waals surface area contributed by atoms with Crippen LogP contribution in [0.1, 0.15) is 48.3 Å². The minimum absolute atomic E-state index is 0.158. The molecule has 1 unspecified atom stereocenters. The second kappa shape index (κ2) is 12.8. The van der Waals surface area contributed by atoms with Gasteiger partial charge in [-0.3, -0.25) is 9.59 Å². The smallest absolute Gasteiger partial charge is 0.242 e. The van der Waals surface area contributed by atoms with Gasteiger partial charge in [-0.25, -0.2) is 0 Å². The van der Waals surface area contributed by atoms with Crippen LogP contribution < -0.4 is 10.6 Å². The van der Waals surface area contributed by atoms with Crippen LogP contribution in [0, 0.1) is 11.3 Å². The van der Waals surface area contributed by atoms with E-state index in [2.05, 4.69) is 16.7 Å². The van der Waals surface area contributed by atoms with Crippen molar-refractivity contribution < 1.29 is 14.7 Å². The van der Waals surface area contributed by atoms with Crippen molar-refractivity contribution in [1.82, 2.24) is 10.6 Å². The summed E-state index contributed by atoms with van der Waals surface area (Å²) in [6.07, 6.45) is 2.15. The molecule has 0 heterocycles. The van der Waals surface area contributed by atoms with E-state index in [0.29, 0.717) is 25.7 Å². The molecule has 0 bridgehead atoms. The van der Waals surface area contributed by atoms with Crippen molar-refractivity contribution in [2.24, 2.45) is 0 Å². The molecule has 0 saturated heterocycles. The summed E-state index contributed by atoms with van der Waals surface area (Å²) >= 11 is 0. The van der Waals surface area contributed by atoms with Crippen LogP contribution in [0.5, 0.6) is 5.75 Å². The Morgan fingerprint density at radius 2 is 1.41 bits per heavy atom. The van der Waals surface area contributed by atoms with Gasteiger partial charge in [-0.1, -0.05) is 72.8 Å². The zero-order chi connectivity index (χ0) is 24.2. The van der Waals surface area contributed by atoms with E-state index in [9.17, 15) is 14.7 Å². The normalized spacial score (nSPS) is 11.4. The Bertz CT molecular complexity index is 1050. The lowest BCUT2D eigenvalue weighted by atomic mass is 9.90. The van der Waals surface area contributed by atoms with Crippen LogP contribution in [0.25, 0.3) is 0 Å². The van der Waals surface area contributed by atoms with Crippen LogP contribution in [-0.2, 0) is 16.1 Å². The number of nitrogens with zero attached hydrogens (tertiary/aromatic N) is 1. The molecule has 3 aromatic carbocycles. The molecule has 174 valence electrons. The molecule has 0 fully saturated rings. The van der Waals surface area contributed by atoms with Crippen molar-refractivity contribution in [3.63, 3.8) is 0 Å². The number of nitrogens with one attached hydrogen (secondary N) is 2. The van der Waals surface area contributed by atoms with Crippen LogP contribution in [0.4, 0.5) is 0 Å².